The van der Waals surface area contributed by atoms with E-state index in [1.165, 1.54) is 29.2 Å². The molecule has 1 heterocycles. The van der Waals surface area contributed by atoms with Gasteiger partial charge in [0.1, 0.15) is 34.0 Å². The maximum Gasteiger partial charge on any atom is 0.573 e. The van der Waals surface area contributed by atoms with Gasteiger partial charge in [-0.2, -0.15) is 0 Å². The van der Waals surface area contributed by atoms with Gasteiger partial charge in [0.25, 0.3) is 0 Å². The number of hydrogen-bond donors (Lipinski definition) is 1. The van der Waals surface area contributed by atoms with E-state index in [0.29, 0.717) is 17.2 Å². The van der Waals surface area contributed by atoms with Gasteiger partial charge in [-0.15, -0.1) is 38.7 Å². The Morgan fingerprint density at radius 3 is 1.48 bits per heavy atom. The van der Waals surface area contributed by atoms with Crippen LogP contribution < -0.4 is 9.47 Å². The number of halogens is 9. The van der Waals surface area contributed by atoms with Crippen molar-refractivity contribution in [3.05, 3.63) is 95.1 Å². The van der Waals surface area contributed by atoms with Gasteiger partial charge in [-0.1, -0.05) is 24.3 Å². The van der Waals surface area contributed by atoms with Crippen molar-refractivity contribution in [2.45, 2.75) is 29.6 Å². The lowest BCUT2D eigenvalue weighted by Gasteiger charge is -2.53. The van der Waals surface area contributed by atoms with Crippen molar-refractivity contribution < 1.29 is 58.1 Å². The Hall–Kier alpha value is -3.14. The summed E-state index contributed by atoms with van der Waals surface area (Å²) in [5.74, 6) is -3.21. The van der Waals surface area contributed by atoms with E-state index >= 15 is 0 Å². The predicted molar refractivity (Wildman–Crippen MR) is 136 cm³/mol. The second-order valence-electron chi connectivity index (χ2n) is 9.56. The fraction of sp³-hybridized carbons (Fsp3) is 0.308. The number of aliphatic hydroxyl groups is 1. The summed E-state index contributed by atoms with van der Waals surface area (Å²) in [6, 6.07) is 10.3. The minimum absolute atomic E-state index is 0. The van der Waals surface area contributed by atoms with Crippen molar-refractivity contribution in [2.24, 2.45) is 0 Å². The third-order valence-corrected chi connectivity index (χ3v) is 7.85. The molecule has 0 aromatic heterocycles. The summed E-state index contributed by atoms with van der Waals surface area (Å²) >= 11 is 0. The second-order valence-corrected chi connectivity index (χ2v) is 11.7. The zero-order valence-corrected chi connectivity index (χ0v) is 22.9. The fourth-order valence-corrected chi connectivity index (χ4v) is 6.58. The van der Waals surface area contributed by atoms with Crippen molar-refractivity contribution in [3.8, 4) is 11.5 Å². The molecule has 1 saturated heterocycles. The normalized spacial score (nSPS) is 16.4. The van der Waals surface area contributed by atoms with Crippen molar-refractivity contribution >= 4 is 22.2 Å². The second kappa shape index (κ2) is 11.9. The lowest BCUT2D eigenvalue weighted by atomic mass is 9.82. The van der Waals surface area contributed by atoms with Crippen LogP contribution in [0, 0.1) is 11.6 Å². The highest BCUT2D eigenvalue weighted by Crippen LogP contribution is 2.45. The SMILES string of the molecule is CS(=O)(=O)C(c1cc(F)cc(F)c1)C1(O)CN(C(c2ccc(OC(F)(F)F)cc2)c2ccc(OC(F)(F)F)cc2)C1.Cl. The van der Waals surface area contributed by atoms with Crippen LogP contribution in [0.2, 0.25) is 0 Å². The highest BCUT2D eigenvalue weighted by atomic mass is 35.5. The van der Waals surface area contributed by atoms with Crippen LogP contribution in [0.1, 0.15) is 28.0 Å². The van der Waals surface area contributed by atoms with Crippen LogP contribution in [-0.4, -0.2) is 56.1 Å². The Bertz CT molecular complexity index is 1410. The topological polar surface area (TPSA) is 76.1 Å². The van der Waals surface area contributed by atoms with Crippen molar-refractivity contribution in [1.29, 1.82) is 0 Å². The molecule has 1 N–H and O–H groups in total. The molecule has 0 amide bonds. The van der Waals surface area contributed by atoms with Gasteiger partial charge in [0, 0.05) is 25.4 Å². The summed E-state index contributed by atoms with van der Waals surface area (Å²) in [7, 11) is -4.15. The first-order valence-corrected chi connectivity index (χ1v) is 13.6. The molecule has 230 valence electrons. The molecule has 4 rings (SSSR count). The van der Waals surface area contributed by atoms with E-state index < -0.39 is 75.7 Å². The van der Waals surface area contributed by atoms with Gasteiger partial charge < -0.3 is 14.6 Å². The van der Waals surface area contributed by atoms with Crippen molar-refractivity contribution in [2.75, 3.05) is 19.3 Å². The van der Waals surface area contributed by atoms with E-state index in [2.05, 4.69) is 9.47 Å². The van der Waals surface area contributed by atoms with E-state index in [0.717, 1.165) is 42.7 Å². The van der Waals surface area contributed by atoms with Gasteiger partial charge in [-0.05, 0) is 53.1 Å². The largest absolute Gasteiger partial charge is 0.573 e. The first kappa shape index (κ1) is 33.4. The van der Waals surface area contributed by atoms with Gasteiger partial charge in [-0.3, -0.25) is 4.90 Å². The van der Waals surface area contributed by atoms with Crippen LogP contribution in [0.5, 0.6) is 11.5 Å². The quantitative estimate of drug-likeness (QED) is 0.298. The van der Waals surface area contributed by atoms with Crippen LogP contribution in [0.15, 0.2) is 66.7 Å². The molecule has 1 fully saturated rings. The molecule has 0 radical (unpaired) electrons. The number of sulfone groups is 1. The lowest BCUT2D eigenvalue weighted by Crippen LogP contribution is -2.66. The minimum Gasteiger partial charge on any atom is -0.406 e. The number of nitrogens with zero attached hydrogens (tertiary/aromatic N) is 1. The molecule has 3 aromatic carbocycles. The Labute approximate surface area is 240 Å². The minimum atomic E-state index is -4.96. The average Bonchev–Trinajstić information content (AvgIpc) is 2.77. The standard InChI is InChI=1S/C26H21F8NO5S.ClH/c1-41(37,38)23(17-10-18(27)12-19(28)11-17)24(36)13-35(14-24)22(15-2-6-20(7-3-15)39-25(29,30)31)16-4-8-21(9-5-16)40-26(32,33)34;/h2-12,22-23,36H,13-14H2,1H3;1H. The monoisotopic (exact) mass is 647 g/mol. The van der Waals surface area contributed by atoms with E-state index in [1.54, 1.807) is 0 Å². The predicted octanol–water partition coefficient (Wildman–Crippen LogP) is 6.11. The van der Waals surface area contributed by atoms with E-state index in [9.17, 15) is 48.6 Å². The Morgan fingerprint density at radius 2 is 1.14 bits per heavy atom. The summed E-state index contributed by atoms with van der Waals surface area (Å²) in [6.45, 7) is -0.787. The average molecular weight is 648 g/mol. The first-order valence-electron chi connectivity index (χ1n) is 11.7. The maximum absolute atomic E-state index is 13.9. The molecular weight excluding hydrogens is 626 g/mol. The van der Waals surface area contributed by atoms with Gasteiger partial charge >= 0.3 is 12.7 Å². The van der Waals surface area contributed by atoms with Crippen molar-refractivity contribution in [1.82, 2.24) is 4.90 Å². The Balaban J connectivity index is 0.00000484. The number of β-amino-alcohol motifs (C(OH)–C–C–N with tert-alkyl or cyclic N) is 1. The lowest BCUT2D eigenvalue weighted by molar-refractivity contribution is -0.275. The Kier molecular flexibility index (Phi) is 9.42. The molecule has 0 bridgehead atoms. The van der Waals surface area contributed by atoms with E-state index in [-0.39, 0.29) is 18.0 Å². The smallest absolute Gasteiger partial charge is 0.406 e. The molecule has 1 aliphatic rings. The van der Waals surface area contributed by atoms with E-state index in [4.69, 9.17) is 0 Å². The number of benzene rings is 3. The van der Waals surface area contributed by atoms with Crippen LogP contribution in [0.3, 0.4) is 0 Å². The molecule has 1 aliphatic heterocycles. The number of ether oxygens (including phenoxy) is 2. The third kappa shape index (κ3) is 8.02. The molecule has 0 aliphatic carbocycles. The zero-order valence-electron chi connectivity index (χ0n) is 21.3. The molecule has 6 nitrogen and oxygen atoms in total. The molecular formula is C26H22ClF8NO5S. The van der Waals surface area contributed by atoms with Gasteiger partial charge in [0.2, 0.25) is 0 Å². The van der Waals surface area contributed by atoms with Crippen LogP contribution >= 0.6 is 12.4 Å². The number of alkyl halides is 6. The van der Waals surface area contributed by atoms with Crippen LogP contribution in [0.25, 0.3) is 0 Å². The molecule has 42 heavy (non-hydrogen) atoms. The van der Waals surface area contributed by atoms with Gasteiger partial charge in [0.05, 0.1) is 6.04 Å². The fourth-order valence-electron chi connectivity index (χ4n) is 5.01. The molecule has 1 unspecified atom stereocenters. The van der Waals surface area contributed by atoms with E-state index in [1.807, 2.05) is 0 Å². The number of likely N-dealkylation sites (tertiary alicyclic amines) is 1. The molecule has 0 saturated carbocycles. The summed E-state index contributed by atoms with van der Waals surface area (Å²) in [6.07, 6.45) is -9.13. The summed E-state index contributed by atoms with van der Waals surface area (Å²) in [4.78, 5) is 1.51. The summed E-state index contributed by atoms with van der Waals surface area (Å²) in [5.41, 5.74) is -1.74. The zero-order chi connectivity index (χ0) is 30.4. The van der Waals surface area contributed by atoms with Gasteiger partial charge in [-0.25, -0.2) is 17.2 Å². The number of hydrogen-bond acceptors (Lipinski definition) is 6. The summed E-state index contributed by atoms with van der Waals surface area (Å²) in [5, 5.41) is 9.59. The van der Waals surface area contributed by atoms with Gasteiger partial charge in [0.15, 0.2) is 9.84 Å². The highest BCUT2D eigenvalue weighted by molar-refractivity contribution is 7.91. The molecule has 3 aromatic rings. The third-order valence-electron chi connectivity index (χ3n) is 6.28. The molecule has 16 heteroatoms. The number of rotatable bonds is 8. The Morgan fingerprint density at radius 1 is 0.762 bits per heavy atom. The summed E-state index contributed by atoms with van der Waals surface area (Å²) < 4.78 is 137. The van der Waals surface area contributed by atoms with Crippen molar-refractivity contribution in [3.63, 3.8) is 0 Å². The van der Waals surface area contributed by atoms with Crippen LogP contribution in [0.4, 0.5) is 35.1 Å². The highest BCUT2D eigenvalue weighted by Gasteiger charge is 2.54. The molecule has 0 spiro atoms. The molecule has 1 atom stereocenters. The maximum atomic E-state index is 13.9. The first-order chi connectivity index (χ1) is 18.8. The van der Waals surface area contributed by atoms with Crippen LogP contribution in [-0.2, 0) is 9.84 Å².